The molecule has 14 heteroatoms. The molecule has 37 heavy (non-hydrogen) atoms. The SMILES string of the molecule is [CH2]C(C)(NC(=O)Cn1nc(-c2ccc(Cl)cc2)n(C[C@H](O)C(F)(F)F)c1=O)c1cccc(C(F)(F)F)c1. The number of benzene rings is 2. The molecule has 0 saturated carbocycles. The summed E-state index contributed by atoms with van der Waals surface area (Å²) in [7, 11) is 0. The topological polar surface area (TPSA) is 89.2 Å². The van der Waals surface area contributed by atoms with Crippen molar-refractivity contribution in [1.82, 2.24) is 19.7 Å². The quantitative estimate of drug-likeness (QED) is 0.433. The first-order valence-corrected chi connectivity index (χ1v) is 10.9. The highest BCUT2D eigenvalue weighted by atomic mass is 35.5. The lowest BCUT2D eigenvalue weighted by Gasteiger charge is -2.27. The zero-order valence-corrected chi connectivity index (χ0v) is 19.8. The van der Waals surface area contributed by atoms with E-state index >= 15 is 0 Å². The van der Waals surface area contributed by atoms with E-state index in [1.807, 2.05) is 0 Å². The zero-order chi connectivity index (χ0) is 27.8. The van der Waals surface area contributed by atoms with Gasteiger partial charge in [0.2, 0.25) is 5.91 Å². The molecule has 0 bridgehead atoms. The third kappa shape index (κ3) is 6.72. The predicted octanol–water partition coefficient (Wildman–Crippen LogP) is 4.17. The molecule has 1 unspecified atom stereocenters. The molecule has 3 aromatic rings. The van der Waals surface area contributed by atoms with Gasteiger partial charge in [-0.1, -0.05) is 23.7 Å². The summed E-state index contributed by atoms with van der Waals surface area (Å²) in [5.74, 6) is -1.17. The number of rotatable bonds is 7. The van der Waals surface area contributed by atoms with Crippen molar-refractivity contribution in [2.75, 3.05) is 0 Å². The van der Waals surface area contributed by atoms with Crippen LogP contribution in [0.3, 0.4) is 0 Å². The van der Waals surface area contributed by atoms with E-state index in [0.717, 1.165) is 18.2 Å². The minimum absolute atomic E-state index is 0.0173. The molecule has 0 aliphatic carbocycles. The van der Waals surface area contributed by atoms with E-state index in [1.54, 1.807) is 0 Å². The average molecular weight is 550 g/mol. The van der Waals surface area contributed by atoms with Crippen LogP contribution in [0.1, 0.15) is 18.1 Å². The standard InChI is InChI=1S/C23H20ClF6N4O3/c1-21(2,14-4-3-5-15(10-14)22(25,26)27)31-18(36)12-34-20(37)33(11-17(35)23(28,29)30)19(32-34)13-6-8-16(24)9-7-13/h3-10,17,35H,1,11-12H2,2H3,(H,31,36)/t17-,21?/m0/s1. The van der Waals surface area contributed by atoms with Crippen LogP contribution in [0.2, 0.25) is 5.02 Å². The molecule has 2 N–H and O–H groups in total. The second-order valence-corrected chi connectivity index (χ2v) is 8.83. The van der Waals surface area contributed by atoms with Gasteiger partial charge in [0.25, 0.3) is 0 Å². The van der Waals surface area contributed by atoms with E-state index in [0.29, 0.717) is 14.3 Å². The van der Waals surface area contributed by atoms with Gasteiger partial charge in [-0.25, -0.2) is 9.48 Å². The number of hydrogen-bond acceptors (Lipinski definition) is 4. The van der Waals surface area contributed by atoms with Crippen molar-refractivity contribution in [3.63, 3.8) is 0 Å². The minimum atomic E-state index is -5.03. The van der Waals surface area contributed by atoms with Gasteiger partial charge in [-0.3, -0.25) is 9.36 Å². The third-order valence-electron chi connectivity index (χ3n) is 5.29. The first kappa shape index (κ1) is 28.3. The van der Waals surface area contributed by atoms with Crippen LogP contribution >= 0.6 is 11.6 Å². The summed E-state index contributed by atoms with van der Waals surface area (Å²) < 4.78 is 79.2. The molecular formula is C23H20ClF6N4O3. The van der Waals surface area contributed by atoms with E-state index in [-0.39, 0.29) is 17.0 Å². The fourth-order valence-electron chi connectivity index (χ4n) is 3.39. The van der Waals surface area contributed by atoms with Crippen LogP contribution in [0.5, 0.6) is 0 Å². The molecule has 2 aromatic carbocycles. The Kier molecular flexibility index (Phi) is 7.80. The lowest BCUT2D eigenvalue weighted by molar-refractivity contribution is -0.207. The predicted molar refractivity (Wildman–Crippen MR) is 121 cm³/mol. The van der Waals surface area contributed by atoms with E-state index in [2.05, 4.69) is 17.3 Å². The summed E-state index contributed by atoms with van der Waals surface area (Å²) >= 11 is 5.83. The number of nitrogens with one attached hydrogen (secondary N) is 1. The first-order valence-electron chi connectivity index (χ1n) is 10.5. The molecule has 0 aliphatic rings. The number of carbonyl (C=O) groups excluding carboxylic acids is 1. The lowest BCUT2D eigenvalue weighted by atomic mass is 9.92. The fraction of sp³-hybridized carbons (Fsp3) is 0.304. The molecule has 2 atom stereocenters. The van der Waals surface area contributed by atoms with Crippen LogP contribution in [0.15, 0.2) is 53.3 Å². The van der Waals surface area contributed by atoms with Crippen LogP contribution in [-0.2, 0) is 29.6 Å². The summed E-state index contributed by atoms with van der Waals surface area (Å²) in [4.78, 5) is 25.5. The van der Waals surface area contributed by atoms with Gasteiger partial charge in [-0.05, 0) is 55.8 Å². The van der Waals surface area contributed by atoms with Crippen molar-refractivity contribution in [3.8, 4) is 11.4 Å². The van der Waals surface area contributed by atoms with Gasteiger partial charge in [0.05, 0.1) is 17.6 Å². The Morgan fingerprint density at radius 3 is 2.27 bits per heavy atom. The minimum Gasteiger partial charge on any atom is -0.382 e. The Morgan fingerprint density at radius 1 is 1.11 bits per heavy atom. The molecular weight excluding hydrogens is 530 g/mol. The number of aromatic nitrogens is 3. The molecule has 0 saturated heterocycles. The fourth-order valence-corrected chi connectivity index (χ4v) is 3.52. The van der Waals surface area contributed by atoms with Gasteiger partial charge in [0.15, 0.2) is 11.9 Å². The molecule has 0 spiro atoms. The van der Waals surface area contributed by atoms with Crippen LogP contribution < -0.4 is 11.0 Å². The molecule has 1 amide bonds. The first-order chi connectivity index (χ1) is 17.0. The maximum Gasteiger partial charge on any atom is 0.416 e. The van der Waals surface area contributed by atoms with Gasteiger partial charge in [-0.2, -0.15) is 26.3 Å². The van der Waals surface area contributed by atoms with Gasteiger partial charge >= 0.3 is 18.0 Å². The normalized spacial score (nSPS) is 13.5. The van der Waals surface area contributed by atoms with E-state index < -0.39 is 54.2 Å². The highest BCUT2D eigenvalue weighted by Crippen LogP contribution is 2.32. The average Bonchev–Trinajstić information content (AvgIpc) is 3.08. The Morgan fingerprint density at radius 2 is 1.70 bits per heavy atom. The third-order valence-corrected chi connectivity index (χ3v) is 5.55. The maximum atomic E-state index is 13.1. The van der Waals surface area contributed by atoms with Crippen molar-refractivity contribution in [2.45, 2.75) is 44.0 Å². The van der Waals surface area contributed by atoms with Crippen molar-refractivity contribution in [1.29, 1.82) is 0 Å². The van der Waals surface area contributed by atoms with Crippen molar-refractivity contribution in [3.05, 3.63) is 82.1 Å². The molecule has 0 fully saturated rings. The van der Waals surface area contributed by atoms with Gasteiger partial charge in [-0.15, -0.1) is 5.10 Å². The van der Waals surface area contributed by atoms with E-state index in [1.165, 1.54) is 37.3 Å². The summed E-state index contributed by atoms with van der Waals surface area (Å²) in [5.41, 5.74) is -3.45. The number of halogens is 7. The number of alkyl halides is 6. The maximum absolute atomic E-state index is 13.1. The zero-order valence-electron chi connectivity index (χ0n) is 19.1. The van der Waals surface area contributed by atoms with Crippen LogP contribution in [-0.4, -0.2) is 37.6 Å². The highest BCUT2D eigenvalue weighted by Gasteiger charge is 2.39. The second kappa shape index (κ2) is 10.2. The molecule has 0 aliphatic heterocycles. The second-order valence-electron chi connectivity index (χ2n) is 8.40. The number of aliphatic hydroxyl groups excluding tert-OH is 1. The van der Waals surface area contributed by atoms with Crippen molar-refractivity contribution in [2.24, 2.45) is 0 Å². The van der Waals surface area contributed by atoms with Crippen LogP contribution in [0, 0.1) is 6.92 Å². The molecule has 1 radical (unpaired) electrons. The molecule has 1 aromatic heterocycles. The largest absolute Gasteiger partial charge is 0.416 e. The summed E-state index contributed by atoms with van der Waals surface area (Å²) in [5, 5.41) is 16.2. The van der Waals surface area contributed by atoms with Crippen LogP contribution in [0.4, 0.5) is 26.3 Å². The lowest BCUT2D eigenvalue weighted by Crippen LogP contribution is -2.44. The monoisotopic (exact) mass is 549 g/mol. The van der Waals surface area contributed by atoms with Gasteiger partial charge < -0.3 is 10.4 Å². The van der Waals surface area contributed by atoms with E-state index in [9.17, 15) is 41.0 Å². The highest BCUT2D eigenvalue weighted by molar-refractivity contribution is 6.30. The molecule has 7 nitrogen and oxygen atoms in total. The Balaban J connectivity index is 1.91. The van der Waals surface area contributed by atoms with E-state index in [4.69, 9.17) is 11.6 Å². The summed E-state index contributed by atoms with van der Waals surface area (Å²) in [6.45, 7) is 3.08. The smallest absolute Gasteiger partial charge is 0.382 e. The molecule has 3 rings (SSSR count). The Labute approximate surface area is 211 Å². The van der Waals surface area contributed by atoms with Crippen LogP contribution in [0.25, 0.3) is 11.4 Å². The van der Waals surface area contributed by atoms with Gasteiger partial charge in [0, 0.05) is 10.6 Å². The Hall–Kier alpha value is -3.32. The summed E-state index contributed by atoms with van der Waals surface area (Å²) in [6.07, 6.45) is -12.6. The number of aliphatic hydroxyl groups is 1. The Bertz CT molecular complexity index is 1330. The van der Waals surface area contributed by atoms with Crippen molar-refractivity contribution < 1.29 is 36.2 Å². The number of hydrogen-bond donors (Lipinski definition) is 2. The summed E-state index contributed by atoms with van der Waals surface area (Å²) in [6, 6.07) is 9.69. The number of amides is 1. The number of nitrogens with zero attached hydrogens (tertiary/aromatic N) is 3. The van der Waals surface area contributed by atoms with Crippen molar-refractivity contribution >= 4 is 17.5 Å². The number of carbonyl (C=O) groups is 1. The van der Waals surface area contributed by atoms with Gasteiger partial charge in [0.1, 0.15) is 6.54 Å². The molecule has 1 heterocycles. The molecule has 199 valence electrons.